The van der Waals surface area contributed by atoms with Crippen LogP contribution in [0.2, 0.25) is 0 Å². The molecule has 3 rings (SSSR count). The minimum Gasteiger partial charge on any atom is -1.00 e. The number of hydrogen-bond donors (Lipinski definition) is 0. The van der Waals surface area contributed by atoms with Gasteiger partial charge in [-0.2, -0.15) is 0 Å². The summed E-state index contributed by atoms with van der Waals surface area (Å²) < 4.78 is 12.2. The van der Waals surface area contributed by atoms with Crippen LogP contribution in [0, 0.1) is 6.92 Å². The second kappa shape index (κ2) is 7.37. The number of furan rings is 1. The summed E-state index contributed by atoms with van der Waals surface area (Å²) in [5.74, 6) is -0.00214. The molecule has 0 spiro atoms. The van der Waals surface area contributed by atoms with Gasteiger partial charge >= 0.3 is 5.97 Å². The van der Waals surface area contributed by atoms with Crippen LogP contribution in [0.3, 0.4) is 0 Å². The first-order valence-corrected chi connectivity index (χ1v) is 8.15. The quantitative estimate of drug-likeness (QED) is 0.614. The predicted octanol–water partition coefficient (Wildman–Crippen LogP) is 0.880. The molecule has 1 saturated heterocycles. The van der Waals surface area contributed by atoms with Gasteiger partial charge in [-0.3, -0.25) is 4.48 Å². The number of likely N-dealkylation sites (tertiary alicyclic amines) is 1. The highest BCUT2D eigenvalue weighted by Crippen LogP contribution is 2.26. The summed E-state index contributed by atoms with van der Waals surface area (Å²) >= 11 is 0. The number of piperidine rings is 1. The van der Waals surface area contributed by atoms with Gasteiger partial charge in [0.05, 0.1) is 19.6 Å². The van der Waals surface area contributed by atoms with Crippen LogP contribution in [-0.4, -0.2) is 36.8 Å². The Morgan fingerprint density at radius 1 is 1.22 bits per heavy atom. The van der Waals surface area contributed by atoms with Gasteiger partial charge in [-0.05, 0) is 39.2 Å². The third kappa shape index (κ3) is 3.54. The SMILES string of the molecule is CC[N+]1(COC(=O)c2oc3ccccc3c2C)CCCCC1.[Cl-]. The fourth-order valence-corrected chi connectivity index (χ4v) is 3.35. The van der Waals surface area contributed by atoms with E-state index in [2.05, 4.69) is 6.92 Å². The maximum Gasteiger partial charge on any atom is 0.378 e. The molecule has 1 aliphatic rings. The minimum absolute atomic E-state index is 0. The molecule has 0 atom stereocenters. The molecular weight excluding hydrogens is 314 g/mol. The second-order valence-corrected chi connectivity index (χ2v) is 6.28. The van der Waals surface area contributed by atoms with E-state index in [1.807, 2.05) is 31.2 Å². The lowest BCUT2D eigenvalue weighted by molar-refractivity contribution is -0.946. The summed E-state index contributed by atoms with van der Waals surface area (Å²) in [7, 11) is 0. The molecule has 0 amide bonds. The number of esters is 1. The fraction of sp³-hybridized carbons (Fsp3) is 0.500. The number of carbonyl (C=O) groups excluding carboxylic acids is 1. The van der Waals surface area contributed by atoms with Crippen molar-refractivity contribution in [1.82, 2.24) is 0 Å². The van der Waals surface area contributed by atoms with E-state index in [1.54, 1.807) is 0 Å². The molecule has 0 aliphatic carbocycles. The Hall–Kier alpha value is -1.52. The molecule has 1 aliphatic heterocycles. The zero-order valence-electron chi connectivity index (χ0n) is 13.8. The summed E-state index contributed by atoms with van der Waals surface area (Å²) in [6, 6.07) is 7.70. The maximum atomic E-state index is 12.4. The van der Waals surface area contributed by atoms with Crippen molar-refractivity contribution < 1.29 is 30.8 Å². The van der Waals surface area contributed by atoms with E-state index >= 15 is 0 Å². The van der Waals surface area contributed by atoms with Crippen molar-refractivity contribution in [1.29, 1.82) is 0 Å². The van der Waals surface area contributed by atoms with Crippen LogP contribution in [0.1, 0.15) is 42.3 Å². The largest absolute Gasteiger partial charge is 1.00 e. The van der Waals surface area contributed by atoms with Gasteiger partial charge in [-0.1, -0.05) is 18.2 Å². The Balaban J connectivity index is 0.00000192. The molecule has 2 heterocycles. The summed E-state index contributed by atoms with van der Waals surface area (Å²) in [5.41, 5.74) is 1.60. The summed E-state index contributed by atoms with van der Waals surface area (Å²) in [4.78, 5) is 12.4. The Labute approximate surface area is 143 Å². The molecule has 5 heteroatoms. The number of rotatable bonds is 4. The number of ether oxygens (including phenoxy) is 1. The van der Waals surface area contributed by atoms with E-state index < -0.39 is 0 Å². The summed E-state index contributed by atoms with van der Waals surface area (Å²) in [5, 5.41) is 0.979. The molecule has 0 radical (unpaired) electrons. The van der Waals surface area contributed by atoms with Crippen LogP contribution in [0.25, 0.3) is 11.0 Å². The van der Waals surface area contributed by atoms with Crippen molar-refractivity contribution in [2.24, 2.45) is 0 Å². The lowest BCUT2D eigenvalue weighted by Crippen LogP contribution is -3.00. The Morgan fingerprint density at radius 3 is 2.57 bits per heavy atom. The molecule has 23 heavy (non-hydrogen) atoms. The van der Waals surface area contributed by atoms with E-state index in [0.717, 1.165) is 40.6 Å². The summed E-state index contributed by atoms with van der Waals surface area (Å²) in [6.45, 7) is 7.74. The number of halogens is 1. The van der Waals surface area contributed by atoms with Gasteiger partial charge in [0.2, 0.25) is 12.5 Å². The number of carbonyl (C=O) groups is 1. The zero-order chi connectivity index (χ0) is 15.6. The van der Waals surface area contributed by atoms with Crippen molar-refractivity contribution in [2.45, 2.75) is 33.1 Å². The first-order valence-electron chi connectivity index (χ1n) is 8.15. The topological polar surface area (TPSA) is 39.4 Å². The van der Waals surface area contributed by atoms with Crippen LogP contribution in [-0.2, 0) is 4.74 Å². The first kappa shape index (κ1) is 17.8. The van der Waals surface area contributed by atoms with E-state index in [4.69, 9.17) is 9.15 Å². The Kier molecular flexibility index (Phi) is 5.71. The minimum atomic E-state index is -0.342. The number of hydrogen-bond acceptors (Lipinski definition) is 3. The Morgan fingerprint density at radius 2 is 1.91 bits per heavy atom. The van der Waals surface area contributed by atoms with Crippen molar-refractivity contribution in [3.63, 3.8) is 0 Å². The monoisotopic (exact) mass is 337 g/mol. The first-order chi connectivity index (χ1) is 10.7. The predicted molar refractivity (Wildman–Crippen MR) is 85.6 cm³/mol. The van der Waals surface area contributed by atoms with E-state index in [1.165, 1.54) is 19.3 Å². The molecule has 1 aromatic carbocycles. The van der Waals surface area contributed by atoms with Crippen LogP contribution in [0.4, 0.5) is 0 Å². The normalized spacial score (nSPS) is 16.8. The van der Waals surface area contributed by atoms with Crippen molar-refractivity contribution in [3.05, 3.63) is 35.6 Å². The third-order valence-corrected chi connectivity index (χ3v) is 4.93. The number of fused-ring (bicyclic) bond motifs is 1. The van der Waals surface area contributed by atoms with Crippen LogP contribution < -0.4 is 12.4 Å². The van der Waals surface area contributed by atoms with Gasteiger partial charge in [0, 0.05) is 10.9 Å². The van der Waals surface area contributed by atoms with E-state index in [9.17, 15) is 4.79 Å². The third-order valence-electron chi connectivity index (χ3n) is 4.93. The molecular formula is C18H24ClNO3. The molecule has 2 aromatic rings. The average molecular weight is 338 g/mol. The molecule has 0 unspecified atom stereocenters. The van der Waals surface area contributed by atoms with Crippen molar-refractivity contribution in [3.8, 4) is 0 Å². The smallest absolute Gasteiger partial charge is 0.378 e. The van der Waals surface area contributed by atoms with Crippen LogP contribution in [0.5, 0.6) is 0 Å². The highest BCUT2D eigenvalue weighted by molar-refractivity contribution is 5.95. The van der Waals surface area contributed by atoms with E-state index in [0.29, 0.717) is 12.5 Å². The number of quaternary nitrogens is 1. The van der Waals surface area contributed by atoms with E-state index in [-0.39, 0.29) is 18.4 Å². The second-order valence-electron chi connectivity index (χ2n) is 6.28. The molecule has 1 aromatic heterocycles. The number of benzene rings is 1. The number of para-hydroxylation sites is 1. The van der Waals surface area contributed by atoms with Crippen molar-refractivity contribution in [2.75, 3.05) is 26.4 Å². The summed E-state index contributed by atoms with van der Waals surface area (Å²) in [6.07, 6.45) is 3.72. The number of aryl methyl sites for hydroxylation is 1. The van der Waals surface area contributed by atoms with Crippen molar-refractivity contribution >= 4 is 16.9 Å². The average Bonchev–Trinajstić information content (AvgIpc) is 2.91. The molecule has 0 bridgehead atoms. The van der Waals surface area contributed by atoms with Gasteiger partial charge in [-0.25, -0.2) is 4.79 Å². The maximum absolute atomic E-state index is 12.4. The molecule has 0 N–H and O–H groups in total. The van der Waals surface area contributed by atoms with Gasteiger partial charge < -0.3 is 21.6 Å². The molecule has 4 nitrogen and oxygen atoms in total. The van der Waals surface area contributed by atoms with Crippen LogP contribution in [0.15, 0.2) is 28.7 Å². The standard InChI is InChI=1S/C18H24NO3.ClH/c1-3-19(11-7-4-8-12-19)13-21-18(20)17-14(2)15-9-5-6-10-16(15)22-17;/h5-6,9-10H,3-4,7-8,11-13H2,1-2H3;1H/q+1;/p-1. The van der Waals surface area contributed by atoms with Gasteiger partial charge in [0.15, 0.2) is 0 Å². The van der Waals surface area contributed by atoms with Gasteiger partial charge in [0.25, 0.3) is 0 Å². The lowest BCUT2D eigenvalue weighted by atomic mass is 10.1. The molecule has 126 valence electrons. The molecule has 1 fully saturated rings. The number of nitrogens with zero attached hydrogens (tertiary/aromatic N) is 1. The molecule has 0 saturated carbocycles. The van der Waals surface area contributed by atoms with Crippen LogP contribution >= 0.6 is 0 Å². The highest BCUT2D eigenvalue weighted by Gasteiger charge is 2.30. The highest BCUT2D eigenvalue weighted by atomic mass is 35.5. The van der Waals surface area contributed by atoms with Gasteiger partial charge in [0.1, 0.15) is 5.58 Å². The van der Waals surface area contributed by atoms with Gasteiger partial charge in [-0.15, -0.1) is 0 Å². The lowest BCUT2D eigenvalue weighted by Gasteiger charge is -2.39. The zero-order valence-corrected chi connectivity index (χ0v) is 14.6. The Bertz CT molecular complexity index is 674. The fourth-order valence-electron chi connectivity index (χ4n) is 3.35.